The standard InChI is InChI=1S/C14H20ClNS/c1-2-16-13-8-5-9-14(13)17-10-11-6-3-4-7-12(11)15/h3-4,6-7,13-14,16H,2,5,8-10H2,1H3. The number of rotatable bonds is 5. The van der Waals surface area contributed by atoms with Crippen LogP contribution in [0.3, 0.4) is 0 Å². The average Bonchev–Trinajstić information content (AvgIpc) is 2.76. The third-order valence-corrected chi connectivity index (χ3v) is 5.17. The Balaban J connectivity index is 1.87. The van der Waals surface area contributed by atoms with Gasteiger partial charge >= 0.3 is 0 Å². The predicted octanol–water partition coefficient (Wildman–Crippen LogP) is 4.10. The fraction of sp³-hybridized carbons (Fsp3) is 0.571. The minimum Gasteiger partial charge on any atom is -0.313 e. The second-order valence-corrected chi connectivity index (χ2v) is 6.17. The SMILES string of the molecule is CCNC1CCCC1SCc1ccccc1Cl. The molecule has 0 radical (unpaired) electrons. The molecule has 0 aliphatic heterocycles. The lowest BCUT2D eigenvalue weighted by Crippen LogP contribution is -2.33. The van der Waals surface area contributed by atoms with E-state index < -0.39 is 0 Å². The Morgan fingerprint density at radius 1 is 1.35 bits per heavy atom. The summed E-state index contributed by atoms with van der Waals surface area (Å²) in [5.41, 5.74) is 1.27. The number of benzene rings is 1. The number of halogens is 1. The summed E-state index contributed by atoms with van der Waals surface area (Å²) in [7, 11) is 0. The lowest BCUT2D eigenvalue weighted by molar-refractivity contribution is 0.551. The van der Waals surface area contributed by atoms with Gasteiger partial charge in [0.05, 0.1) is 0 Å². The predicted molar refractivity (Wildman–Crippen MR) is 77.9 cm³/mol. The molecule has 1 aromatic rings. The summed E-state index contributed by atoms with van der Waals surface area (Å²) in [5.74, 6) is 1.03. The minimum absolute atomic E-state index is 0.701. The number of hydrogen-bond acceptors (Lipinski definition) is 2. The highest BCUT2D eigenvalue weighted by Gasteiger charge is 2.26. The van der Waals surface area contributed by atoms with Crippen LogP contribution < -0.4 is 5.32 Å². The van der Waals surface area contributed by atoms with E-state index in [0.717, 1.165) is 22.6 Å². The molecule has 1 aliphatic rings. The van der Waals surface area contributed by atoms with Crippen molar-refractivity contribution in [2.75, 3.05) is 6.54 Å². The summed E-state index contributed by atoms with van der Waals surface area (Å²) in [6.07, 6.45) is 4.03. The van der Waals surface area contributed by atoms with Crippen molar-refractivity contribution < 1.29 is 0 Å². The zero-order valence-corrected chi connectivity index (χ0v) is 11.9. The van der Waals surface area contributed by atoms with E-state index in [0.29, 0.717) is 6.04 Å². The van der Waals surface area contributed by atoms with Crippen molar-refractivity contribution >= 4 is 23.4 Å². The molecule has 1 nitrogen and oxygen atoms in total. The van der Waals surface area contributed by atoms with Crippen LogP contribution in [-0.2, 0) is 5.75 Å². The lowest BCUT2D eigenvalue weighted by atomic mass is 10.2. The molecule has 1 saturated carbocycles. The van der Waals surface area contributed by atoms with Gasteiger partial charge in [0.1, 0.15) is 0 Å². The lowest BCUT2D eigenvalue weighted by Gasteiger charge is -2.20. The Kier molecular flexibility index (Phi) is 5.20. The normalized spacial score (nSPS) is 24.1. The van der Waals surface area contributed by atoms with Crippen molar-refractivity contribution in [3.63, 3.8) is 0 Å². The van der Waals surface area contributed by atoms with Gasteiger partial charge in [-0.15, -0.1) is 0 Å². The van der Waals surface area contributed by atoms with Gasteiger partial charge in [0, 0.05) is 22.1 Å². The average molecular weight is 270 g/mol. The van der Waals surface area contributed by atoms with Crippen molar-refractivity contribution in [2.45, 2.75) is 43.2 Å². The topological polar surface area (TPSA) is 12.0 Å². The van der Waals surface area contributed by atoms with E-state index >= 15 is 0 Å². The molecule has 0 saturated heterocycles. The summed E-state index contributed by atoms with van der Waals surface area (Å²) in [4.78, 5) is 0. The molecule has 1 fully saturated rings. The first-order chi connectivity index (χ1) is 8.31. The molecule has 17 heavy (non-hydrogen) atoms. The smallest absolute Gasteiger partial charge is 0.0446 e. The van der Waals surface area contributed by atoms with E-state index in [2.05, 4.69) is 36.1 Å². The van der Waals surface area contributed by atoms with Gasteiger partial charge in [0.2, 0.25) is 0 Å². The van der Waals surface area contributed by atoms with Crippen molar-refractivity contribution in [1.29, 1.82) is 0 Å². The zero-order valence-electron chi connectivity index (χ0n) is 10.3. The van der Waals surface area contributed by atoms with E-state index in [-0.39, 0.29) is 0 Å². The second-order valence-electron chi connectivity index (χ2n) is 4.54. The molecule has 0 heterocycles. The molecule has 2 rings (SSSR count). The minimum atomic E-state index is 0.701. The molecular formula is C14H20ClNS. The number of nitrogens with one attached hydrogen (secondary N) is 1. The maximum atomic E-state index is 6.18. The number of hydrogen-bond donors (Lipinski definition) is 1. The van der Waals surface area contributed by atoms with Crippen LogP contribution in [0.5, 0.6) is 0 Å². The van der Waals surface area contributed by atoms with Gasteiger partial charge in [0.15, 0.2) is 0 Å². The van der Waals surface area contributed by atoms with Gasteiger partial charge in [0.25, 0.3) is 0 Å². The molecule has 94 valence electrons. The summed E-state index contributed by atoms with van der Waals surface area (Å²) in [6, 6.07) is 8.87. The van der Waals surface area contributed by atoms with Crippen LogP contribution in [0, 0.1) is 0 Å². The highest BCUT2D eigenvalue weighted by molar-refractivity contribution is 7.99. The van der Waals surface area contributed by atoms with E-state index in [4.69, 9.17) is 11.6 Å². The summed E-state index contributed by atoms with van der Waals surface area (Å²) in [6.45, 7) is 3.27. The van der Waals surface area contributed by atoms with Gasteiger partial charge in [-0.05, 0) is 31.0 Å². The largest absolute Gasteiger partial charge is 0.313 e. The third kappa shape index (κ3) is 3.64. The number of thioether (sulfide) groups is 1. The first-order valence-electron chi connectivity index (χ1n) is 6.39. The summed E-state index contributed by atoms with van der Waals surface area (Å²) < 4.78 is 0. The van der Waals surface area contributed by atoms with Crippen molar-refractivity contribution in [3.05, 3.63) is 34.9 Å². The first-order valence-corrected chi connectivity index (χ1v) is 7.82. The Labute approximate surface area is 113 Å². The van der Waals surface area contributed by atoms with Crippen LogP contribution in [0.2, 0.25) is 5.02 Å². The van der Waals surface area contributed by atoms with Gasteiger partial charge in [-0.1, -0.05) is 43.1 Å². The van der Waals surface area contributed by atoms with Crippen molar-refractivity contribution in [2.24, 2.45) is 0 Å². The third-order valence-electron chi connectivity index (χ3n) is 3.33. The van der Waals surface area contributed by atoms with Gasteiger partial charge in [-0.2, -0.15) is 11.8 Å². The van der Waals surface area contributed by atoms with E-state index in [1.54, 1.807) is 0 Å². The molecule has 0 bridgehead atoms. The highest BCUT2D eigenvalue weighted by atomic mass is 35.5. The van der Waals surface area contributed by atoms with Crippen LogP contribution in [0.1, 0.15) is 31.7 Å². The van der Waals surface area contributed by atoms with Gasteiger partial charge in [-0.3, -0.25) is 0 Å². The van der Waals surface area contributed by atoms with Gasteiger partial charge < -0.3 is 5.32 Å². The molecule has 1 N–H and O–H groups in total. The van der Waals surface area contributed by atoms with E-state index in [9.17, 15) is 0 Å². The van der Waals surface area contributed by atoms with E-state index in [1.807, 2.05) is 12.1 Å². The van der Waals surface area contributed by atoms with Gasteiger partial charge in [-0.25, -0.2) is 0 Å². The summed E-state index contributed by atoms with van der Waals surface area (Å²) >= 11 is 8.23. The Bertz CT molecular complexity index is 356. The Morgan fingerprint density at radius 2 is 2.18 bits per heavy atom. The molecule has 1 aromatic carbocycles. The first kappa shape index (κ1) is 13.3. The molecule has 0 aromatic heterocycles. The van der Waals surface area contributed by atoms with Crippen molar-refractivity contribution in [1.82, 2.24) is 5.32 Å². The fourth-order valence-corrected chi connectivity index (χ4v) is 4.16. The van der Waals surface area contributed by atoms with Crippen LogP contribution >= 0.6 is 23.4 Å². The molecule has 3 heteroatoms. The summed E-state index contributed by atoms with van der Waals surface area (Å²) in [5, 5.41) is 5.25. The fourth-order valence-electron chi connectivity index (χ4n) is 2.43. The molecule has 2 atom stereocenters. The molecule has 1 aliphatic carbocycles. The Hall–Kier alpha value is -0.180. The molecular weight excluding hydrogens is 250 g/mol. The maximum Gasteiger partial charge on any atom is 0.0446 e. The molecule has 2 unspecified atom stereocenters. The maximum absolute atomic E-state index is 6.18. The van der Waals surface area contributed by atoms with Crippen molar-refractivity contribution in [3.8, 4) is 0 Å². The zero-order chi connectivity index (χ0) is 12.1. The highest BCUT2D eigenvalue weighted by Crippen LogP contribution is 2.33. The monoisotopic (exact) mass is 269 g/mol. The van der Waals surface area contributed by atoms with Crippen LogP contribution in [0.4, 0.5) is 0 Å². The second kappa shape index (κ2) is 6.67. The molecule has 0 amide bonds. The van der Waals surface area contributed by atoms with Crippen LogP contribution in [-0.4, -0.2) is 17.8 Å². The van der Waals surface area contributed by atoms with E-state index in [1.165, 1.54) is 24.8 Å². The Morgan fingerprint density at radius 3 is 2.94 bits per heavy atom. The quantitative estimate of drug-likeness (QED) is 0.864. The van der Waals surface area contributed by atoms with Crippen LogP contribution in [0.15, 0.2) is 24.3 Å². The van der Waals surface area contributed by atoms with Crippen LogP contribution in [0.25, 0.3) is 0 Å². The molecule has 0 spiro atoms.